The number of benzene rings is 1. The maximum absolute atomic E-state index is 11.8. The van der Waals surface area contributed by atoms with Crippen LogP contribution in [0.4, 0.5) is 11.4 Å². The maximum atomic E-state index is 11.8. The molecule has 2 rings (SSSR count). The lowest BCUT2D eigenvalue weighted by Crippen LogP contribution is -2.34. The maximum Gasteiger partial charge on any atom is 0.344 e. The van der Waals surface area contributed by atoms with Crippen LogP contribution in [0.1, 0.15) is 43.0 Å². The lowest BCUT2D eigenvalue weighted by atomic mass is 9.86. The van der Waals surface area contributed by atoms with E-state index in [1.165, 1.54) is 26.0 Å². The van der Waals surface area contributed by atoms with E-state index in [4.69, 9.17) is 0 Å². The quantitative estimate of drug-likeness (QED) is 0.484. The van der Waals surface area contributed by atoms with Crippen LogP contribution in [0.15, 0.2) is 18.2 Å². The van der Waals surface area contributed by atoms with Gasteiger partial charge >= 0.3 is 5.97 Å². The molecule has 0 bridgehead atoms. The first kappa shape index (κ1) is 16.3. The first-order valence-corrected chi connectivity index (χ1v) is 7.53. The van der Waals surface area contributed by atoms with Crippen molar-refractivity contribution in [3.8, 4) is 0 Å². The molecule has 22 heavy (non-hydrogen) atoms. The normalized spacial score (nSPS) is 21.2. The van der Waals surface area contributed by atoms with Crippen LogP contribution in [0.3, 0.4) is 0 Å². The molecule has 0 radical (unpaired) electrons. The number of hydrogen-bond acceptors (Lipinski definition) is 5. The molecule has 1 aromatic carbocycles. The molecular weight excluding hydrogens is 284 g/mol. The van der Waals surface area contributed by atoms with Crippen LogP contribution in [0, 0.1) is 16.0 Å². The van der Waals surface area contributed by atoms with E-state index in [0.29, 0.717) is 6.04 Å². The van der Waals surface area contributed by atoms with Crippen LogP contribution in [0.5, 0.6) is 0 Å². The third-order valence-electron chi connectivity index (χ3n) is 4.52. The summed E-state index contributed by atoms with van der Waals surface area (Å²) >= 11 is 0. The van der Waals surface area contributed by atoms with Crippen molar-refractivity contribution in [2.24, 2.45) is 5.92 Å². The zero-order valence-corrected chi connectivity index (χ0v) is 13.2. The average molecular weight is 306 g/mol. The molecule has 0 amide bonds. The molecule has 1 aromatic rings. The number of nitrogens with zero attached hydrogens (tertiary/aromatic N) is 2. The van der Waals surface area contributed by atoms with Crippen molar-refractivity contribution in [2.45, 2.75) is 38.6 Å². The largest absolute Gasteiger partial charge is 0.465 e. The molecule has 0 saturated heterocycles. The zero-order valence-electron chi connectivity index (χ0n) is 13.2. The second-order valence-electron chi connectivity index (χ2n) is 5.97. The first-order valence-electron chi connectivity index (χ1n) is 7.53. The molecule has 0 unspecified atom stereocenters. The van der Waals surface area contributed by atoms with Crippen molar-refractivity contribution in [3.63, 3.8) is 0 Å². The summed E-state index contributed by atoms with van der Waals surface area (Å²) in [5.41, 5.74) is 0.591. The van der Waals surface area contributed by atoms with Crippen molar-refractivity contribution in [3.05, 3.63) is 33.9 Å². The number of nitro groups is 1. The molecule has 1 aliphatic rings. The minimum Gasteiger partial charge on any atom is -0.465 e. The molecule has 1 aliphatic carbocycles. The van der Waals surface area contributed by atoms with Crippen LogP contribution in [0.25, 0.3) is 0 Å². The summed E-state index contributed by atoms with van der Waals surface area (Å²) < 4.78 is 4.66. The molecule has 0 heterocycles. The van der Waals surface area contributed by atoms with Crippen LogP contribution < -0.4 is 4.90 Å². The highest BCUT2D eigenvalue weighted by Crippen LogP contribution is 2.31. The van der Waals surface area contributed by atoms with Crippen molar-refractivity contribution in [2.75, 3.05) is 19.1 Å². The van der Waals surface area contributed by atoms with Gasteiger partial charge in [-0.15, -0.1) is 0 Å². The second-order valence-corrected chi connectivity index (χ2v) is 5.97. The van der Waals surface area contributed by atoms with Gasteiger partial charge in [-0.3, -0.25) is 10.1 Å². The van der Waals surface area contributed by atoms with Gasteiger partial charge in [0.1, 0.15) is 5.56 Å². The van der Waals surface area contributed by atoms with E-state index in [1.807, 2.05) is 7.05 Å². The predicted octanol–water partition coefficient (Wildman–Crippen LogP) is 3.40. The molecule has 1 fully saturated rings. The molecule has 0 aromatic heterocycles. The van der Waals surface area contributed by atoms with Crippen molar-refractivity contribution >= 4 is 17.3 Å². The smallest absolute Gasteiger partial charge is 0.344 e. The Bertz CT molecular complexity index is 565. The number of anilines is 1. The monoisotopic (exact) mass is 306 g/mol. The van der Waals surface area contributed by atoms with Crippen LogP contribution in [-0.2, 0) is 4.74 Å². The molecule has 0 atom stereocenters. The van der Waals surface area contributed by atoms with E-state index in [9.17, 15) is 14.9 Å². The molecule has 1 saturated carbocycles. The van der Waals surface area contributed by atoms with Gasteiger partial charge in [0, 0.05) is 24.8 Å². The minimum absolute atomic E-state index is 0.000951. The minimum atomic E-state index is -0.681. The summed E-state index contributed by atoms with van der Waals surface area (Å²) in [5, 5.41) is 11.0. The van der Waals surface area contributed by atoms with Gasteiger partial charge in [0.15, 0.2) is 0 Å². The third kappa shape index (κ3) is 3.37. The standard InChI is InChI=1S/C16H22N2O4/c1-11-4-6-12(7-5-11)17(2)13-8-9-15(18(20)21)14(10-13)16(19)22-3/h8-12H,4-7H2,1-3H3. The number of ether oxygens (including phenoxy) is 1. The fourth-order valence-electron chi connectivity index (χ4n) is 3.02. The summed E-state index contributed by atoms with van der Waals surface area (Å²) in [4.78, 5) is 24.4. The Morgan fingerprint density at radius 2 is 1.95 bits per heavy atom. The lowest BCUT2D eigenvalue weighted by Gasteiger charge is -2.35. The van der Waals surface area contributed by atoms with Crippen LogP contribution in [0.2, 0.25) is 0 Å². The van der Waals surface area contributed by atoms with Crippen molar-refractivity contribution in [1.82, 2.24) is 0 Å². The van der Waals surface area contributed by atoms with Gasteiger partial charge < -0.3 is 9.64 Å². The second kappa shape index (κ2) is 6.77. The number of esters is 1. The molecule has 120 valence electrons. The number of rotatable bonds is 4. The Balaban J connectivity index is 2.27. The van der Waals surface area contributed by atoms with Gasteiger partial charge in [-0.2, -0.15) is 0 Å². The highest BCUT2D eigenvalue weighted by Gasteiger charge is 2.25. The summed E-state index contributed by atoms with van der Waals surface area (Å²) in [5.74, 6) is 0.0753. The zero-order chi connectivity index (χ0) is 16.3. The lowest BCUT2D eigenvalue weighted by molar-refractivity contribution is -0.385. The topological polar surface area (TPSA) is 72.7 Å². The van der Waals surface area contributed by atoms with Crippen molar-refractivity contribution in [1.29, 1.82) is 0 Å². The average Bonchev–Trinajstić information content (AvgIpc) is 2.53. The van der Waals surface area contributed by atoms with Crippen LogP contribution in [-0.4, -0.2) is 31.1 Å². The van der Waals surface area contributed by atoms with Gasteiger partial charge in [0.2, 0.25) is 0 Å². The Hall–Kier alpha value is -2.11. The molecule has 6 nitrogen and oxygen atoms in total. The van der Waals surface area contributed by atoms with E-state index in [0.717, 1.165) is 24.4 Å². The van der Waals surface area contributed by atoms with E-state index < -0.39 is 10.9 Å². The van der Waals surface area contributed by atoms with Gasteiger partial charge in [-0.05, 0) is 43.7 Å². The predicted molar refractivity (Wildman–Crippen MR) is 84.3 cm³/mol. The first-order chi connectivity index (χ1) is 10.4. The van der Waals surface area contributed by atoms with Crippen LogP contribution >= 0.6 is 0 Å². The molecule has 0 aliphatic heterocycles. The SMILES string of the molecule is COC(=O)c1cc(N(C)C2CCC(C)CC2)ccc1[N+](=O)[O-]. The van der Waals surface area contributed by atoms with E-state index in [1.54, 1.807) is 12.1 Å². The van der Waals surface area contributed by atoms with E-state index >= 15 is 0 Å². The highest BCUT2D eigenvalue weighted by molar-refractivity contribution is 5.95. The summed E-state index contributed by atoms with van der Waals surface area (Å²) in [7, 11) is 3.20. The fraction of sp³-hybridized carbons (Fsp3) is 0.562. The summed E-state index contributed by atoms with van der Waals surface area (Å²) in [6.45, 7) is 2.26. The molecule has 0 spiro atoms. The van der Waals surface area contributed by atoms with E-state index in [2.05, 4.69) is 16.6 Å². The Morgan fingerprint density at radius 1 is 1.32 bits per heavy atom. The Labute approximate surface area is 130 Å². The van der Waals surface area contributed by atoms with Gasteiger partial charge in [-0.25, -0.2) is 4.79 Å². The highest BCUT2D eigenvalue weighted by atomic mass is 16.6. The Kier molecular flexibility index (Phi) is 5.00. The molecule has 0 N–H and O–H groups in total. The molecular formula is C16H22N2O4. The third-order valence-corrected chi connectivity index (χ3v) is 4.52. The van der Waals surface area contributed by atoms with Gasteiger partial charge in [0.05, 0.1) is 12.0 Å². The summed E-state index contributed by atoms with van der Waals surface area (Å²) in [6.07, 6.45) is 4.57. The van der Waals surface area contributed by atoms with Gasteiger partial charge in [-0.1, -0.05) is 6.92 Å². The molecule has 6 heteroatoms. The van der Waals surface area contributed by atoms with E-state index in [-0.39, 0.29) is 11.3 Å². The Morgan fingerprint density at radius 3 is 2.50 bits per heavy atom. The fourth-order valence-corrected chi connectivity index (χ4v) is 3.02. The van der Waals surface area contributed by atoms with Crippen molar-refractivity contribution < 1.29 is 14.5 Å². The number of methoxy groups -OCH3 is 1. The number of nitro benzene ring substituents is 1. The number of hydrogen-bond donors (Lipinski definition) is 0. The number of carbonyl (C=O) groups is 1. The van der Waals surface area contributed by atoms with Gasteiger partial charge in [0.25, 0.3) is 5.69 Å². The number of carbonyl (C=O) groups excluding carboxylic acids is 1. The summed E-state index contributed by atoms with van der Waals surface area (Å²) in [6, 6.07) is 5.04.